The van der Waals surface area contributed by atoms with E-state index in [-0.39, 0.29) is 17.8 Å². The number of nitrogens with zero attached hydrogens (tertiary/aromatic N) is 3. The van der Waals surface area contributed by atoms with Crippen LogP contribution in [0.2, 0.25) is 0 Å². The quantitative estimate of drug-likeness (QED) is 0.609. The van der Waals surface area contributed by atoms with E-state index < -0.39 is 5.60 Å². The summed E-state index contributed by atoms with van der Waals surface area (Å²) in [5.74, 6) is 0.333. The molecule has 1 saturated heterocycles. The first kappa shape index (κ1) is 18.7. The smallest absolute Gasteiger partial charge is 0.410 e. The molecule has 146 valence electrons. The number of hydrogen-bond donors (Lipinski definition) is 2. The van der Waals surface area contributed by atoms with Crippen molar-refractivity contribution < 1.29 is 14.6 Å². The predicted octanol–water partition coefficient (Wildman–Crippen LogP) is 4.43. The lowest BCUT2D eigenvalue weighted by Gasteiger charge is -2.39. The minimum absolute atomic E-state index is 0.162. The lowest BCUT2D eigenvalue weighted by molar-refractivity contribution is 0.00788. The van der Waals surface area contributed by atoms with Gasteiger partial charge in [0.1, 0.15) is 11.4 Å². The van der Waals surface area contributed by atoms with Crippen LogP contribution in [-0.2, 0) is 4.74 Å². The third-order valence-corrected chi connectivity index (χ3v) is 5.50. The number of nitrogens with one attached hydrogen (secondary N) is 1. The van der Waals surface area contributed by atoms with Crippen LogP contribution in [0.1, 0.15) is 32.4 Å². The molecule has 3 heterocycles. The summed E-state index contributed by atoms with van der Waals surface area (Å²) in [5.41, 5.74) is 2.38. The Hall–Kier alpha value is -2.61. The zero-order valence-electron chi connectivity index (χ0n) is 15.9. The molecule has 0 unspecified atom stereocenters. The van der Waals surface area contributed by atoms with Gasteiger partial charge in [-0.05, 0) is 54.9 Å². The predicted molar refractivity (Wildman–Crippen MR) is 109 cm³/mol. The van der Waals surface area contributed by atoms with Crippen molar-refractivity contribution in [2.75, 3.05) is 13.1 Å². The van der Waals surface area contributed by atoms with E-state index in [2.05, 4.69) is 31.1 Å². The van der Waals surface area contributed by atoms with Gasteiger partial charge in [0.25, 0.3) is 0 Å². The Bertz CT molecular complexity index is 1050. The molecule has 0 spiro atoms. The molecule has 1 amide bonds. The van der Waals surface area contributed by atoms with Gasteiger partial charge in [-0.15, -0.1) is 10.2 Å². The number of H-pyrrole nitrogens is 1. The first-order valence-corrected chi connectivity index (χ1v) is 9.83. The second-order valence-electron chi connectivity index (χ2n) is 7.94. The number of likely N-dealkylation sites (tertiary alicyclic amines) is 1. The Balaban J connectivity index is 1.57. The summed E-state index contributed by atoms with van der Waals surface area (Å²) in [5, 5.41) is 19.5. The minimum atomic E-state index is -0.501. The maximum Gasteiger partial charge on any atom is 0.410 e. The topological polar surface area (TPSA) is 91.3 Å². The molecular weight excluding hydrogens is 424 g/mol. The number of aromatic hydroxyl groups is 1. The third-order valence-electron chi connectivity index (χ3n) is 4.64. The van der Waals surface area contributed by atoms with Gasteiger partial charge in [0, 0.05) is 40.1 Å². The number of ether oxygens (including phenoxy) is 1. The first-order chi connectivity index (χ1) is 13.2. The van der Waals surface area contributed by atoms with Gasteiger partial charge in [0.15, 0.2) is 5.65 Å². The van der Waals surface area contributed by atoms with Crippen LogP contribution in [0.4, 0.5) is 4.79 Å². The van der Waals surface area contributed by atoms with E-state index in [4.69, 9.17) is 4.74 Å². The molecule has 8 heteroatoms. The Kier molecular flexibility index (Phi) is 4.53. The molecule has 1 fully saturated rings. The lowest BCUT2D eigenvalue weighted by atomic mass is 9.97. The fourth-order valence-electron chi connectivity index (χ4n) is 3.22. The maximum absolute atomic E-state index is 12.1. The molecule has 0 saturated carbocycles. The number of aromatic amines is 1. The minimum Gasteiger partial charge on any atom is -0.507 e. The summed E-state index contributed by atoms with van der Waals surface area (Å²) in [6.45, 7) is 6.74. The summed E-state index contributed by atoms with van der Waals surface area (Å²) in [4.78, 5) is 17.1. The lowest BCUT2D eigenvalue weighted by Crippen LogP contribution is -2.50. The number of fused-ring (bicyclic) bond motifs is 1. The standard InChI is InChI=1S/C20H21BrN4O3/c1-20(2,3)28-19(27)25-9-11(10-25)17-16(21)13-8-14(23-24-18(13)22-17)12-6-4-5-7-15(12)26/h4-8,11,26H,9-10H2,1-3H3,(H,22,24). The van der Waals surface area contributed by atoms with Gasteiger partial charge in [-0.3, -0.25) is 0 Å². The summed E-state index contributed by atoms with van der Waals surface area (Å²) in [6, 6.07) is 8.93. The monoisotopic (exact) mass is 444 g/mol. The van der Waals surface area contributed by atoms with Crippen LogP contribution >= 0.6 is 15.9 Å². The van der Waals surface area contributed by atoms with E-state index in [0.29, 0.717) is 30.0 Å². The molecule has 0 bridgehead atoms. The highest BCUT2D eigenvalue weighted by molar-refractivity contribution is 9.10. The van der Waals surface area contributed by atoms with Crippen molar-refractivity contribution in [3.05, 3.63) is 40.5 Å². The molecule has 0 radical (unpaired) electrons. The van der Waals surface area contributed by atoms with Gasteiger partial charge < -0.3 is 19.7 Å². The van der Waals surface area contributed by atoms with Gasteiger partial charge in [-0.1, -0.05) is 12.1 Å². The molecule has 0 aliphatic carbocycles. The molecule has 2 N–H and O–H groups in total. The number of hydrogen-bond acceptors (Lipinski definition) is 5. The molecule has 3 aromatic rings. The summed E-state index contributed by atoms with van der Waals surface area (Å²) >= 11 is 3.66. The maximum atomic E-state index is 12.1. The molecule has 1 aliphatic rings. The van der Waals surface area contributed by atoms with Crippen LogP contribution in [0.25, 0.3) is 22.3 Å². The average molecular weight is 445 g/mol. The highest BCUT2D eigenvalue weighted by Crippen LogP contribution is 2.38. The van der Waals surface area contributed by atoms with Crippen molar-refractivity contribution in [1.82, 2.24) is 20.1 Å². The number of aromatic nitrogens is 3. The van der Waals surface area contributed by atoms with Crippen molar-refractivity contribution in [3.63, 3.8) is 0 Å². The molecule has 1 aromatic carbocycles. The van der Waals surface area contributed by atoms with E-state index in [1.165, 1.54) is 0 Å². The van der Waals surface area contributed by atoms with E-state index in [9.17, 15) is 9.90 Å². The Morgan fingerprint density at radius 2 is 2.00 bits per heavy atom. The number of amides is 1. The van der Waals surface area contributed by atoms with E-state index in [1.807, 2.05) is 32.9 Å². The van der Waals surface area contributed by atoms with E-state index in [0.717, 1.165) is 15.6 Å². The molecule has 1 aliphatic heterocycles. The van der Waals surface area contributed by atoms with Gasteiger partial charge >= 0.3 is 6.09 Å². The van der Waals surface area contributed by atoms with Crippen LogP contribution < -0.4 is 0 Å². The number of para-hydroxylation sites is 1. The fraction of sp³-hybridized carbons (Fsp3) is 0.350. The number of benzene rings is 1. The van der Waals surface area contributed by atoms with Gasteiger partial charge in [0.2, 0.25) is 0 Å². The van der Waals surface area contributed by atoms with Crippen LogP contribution in [0.3, 0.4) is 0 Å². The number of carbonyl (C=O) groups is 1. The zero-order chi connectivity index (χ0) is 20.1. The van der Waals surface area contributed by atoms with Crippen molar-refractivity contribution >= 4 is 33.1 Å². The first-order valence-electron chi connectivity index (χ1n) is 9.04. The molecule has 4 rings (SSSR count). The number of halogens is 1. The van der Waals surface area contributed by atoms with Crippen LogP contribution in [0.5, 0.6) is 5.75 Å². The number of phenols is 1. The second-order valence-corrected chi connectivity index (χ2v) is 8.74. The Labute approximate surface area is 170 Å². The normalized spacial score (nSPS) is 14.9. The van der Waals surface area contributed by atoms with Gasteiger partial charge in [0.05, 0.1) is 5.69 Å². The molecule has 7 nitrogen and oxygen atoms in total. The summed E-state index contributed by atoms with van der Waals surface area (Å²) in [6.07, 6.45) is -0.294. The van der Waals surface area contributed by atoms with Crippen molar-refractivity contribution in [2.45, 2.75) is 32.3 Å². The average Bonchev–Trinajstić information content (AvgIpc) is 2.89. The van der Waals surface area contributed by atoms with E-state index in [1.54, 1.807) is 23.1 Å². The van der Waals surface area contributed by atoms with E-state index >= 15 is 0 Å². The Morgan fingerprint density at radius 1 is 1.29 bits per heavy atom. The van der Waals surface area contributed by atoms with Crippen molar-refractivity contribution in [2.24, 2.45) is 0 Å². The summed E-state index contributed by atoms with van der Waals surface area (Å²) < 4.78 is 6.32. The molecule has 0 atom stereocenters. The van der Waals surface area contributed by atoms with Crippen molar-refractivity contribution in [3.8, 4) is 17.0 Å². The second kappa shape index (κ2) is 6.77. The fourth-order valence-corrected chi connectivity index (χ4v) is 3.94. The largest absolute Gasteiger partial charge is 0.507 e. The molecule has 2 aromatic heterocycles. The zero-order valence-corrected chi connectivity index (χ0v) is 17.4. The number of carbonyl (C=O) groups excluding carboxylic acids is 1. The highest BCUT2D eigenvalue weighted by atomic mass is 79.9. The number of phenolic OH excluding ortho intramolecular Hbond substituents is 1. The number of rotatable bonds is 2. The summed E-state index contributed by atoms with van der Waals surface area (Å²) in [7, 11) is 0. The van der Waals surface area contributed by atoms with Gasteiger partial charge in [-0.25, -0.2) is 4.79 Å². The highest BCUT2D eigenvalue weighted by Gasteiger charge is 2.36. The molecular formula is C20H21BrN4O3. The van der Waals surface area contributed by atoms with Crippen LogP contribution in [-0.4, -0.2) is 50.0 Å². The Morgan fingerprint density at radius 3 is 2.68 bits per heavy atom. The molecule has 28 heavy (non-hydrogen) atoms. The third kappa shape index (κ3) is 3.44. The van der Waals surface area contributed by atoms with Gasteiger partial charge in [-0.2, -0.15) is 0 Å². The SMILES string of the molecule is CC(C)(C)OC(=O)N1CC(c2[nH]c3nnc(-c4ccccc4O)cc3c2Br)C1. The van der Waals surface area contributed by atoms with Crippen LogP contribution in [0.15, 0.2) is 34.8 Å². The van der Waals surface area contributed by atoms with Crippen LogP contribution in [0, 0.1) is 0 Å². The van der Waals surface area contributed by atoms with Crippen molar-refractivity contribution in [1.29, 1.82) is 0 Å².